The van der Waals surface area contributed by atoms with E-state index in [0.29, 0.717) is 12.2 Å². The summed E-state index contributed by atoms with van der Waals surface area (Å²) in [5, 5.41) is 18.4. The number of aromatic nitrogens is 6. The molecule has 0 saturated heterocycles. The van der Waals surface area contributed by atoms with Crippen LogP contribution < -0.4 is 5.32 Å². The van der Waals surface area contributed by atoms with Crippen LogP contribution in [0.2, 0.25) is 0 Å². The molecule has 3 heterocycles. The van der Waals surface area contributed by atoms with Crippen LogP contribution in [-0.2, 0) is 6.54 Å². The molecule has 1 N–H and O–H groups in total. The van der Waals surface area contributed by atoms with Crippen LogP contribution in [0.1, 0.15) is 5.56 Å². The number of pyridine rings is 1. The zero-order valence-corrected chi connectivity index (χ0v) is 8.85. The van der Waals surface area contributed by atoms with Crippen molar-refractivity contribution in [3.05, 3.63) is 42.2 Å². The fourth-order valence-electron chi connectivity index (χ4n) is 1.44. The molecule has 0 saturated carbocycles. The Morgan fingerprint density at radius 1 is 1.12 bits per heavy atom. The first-order chi connectivity index (χ1) is 8.42. The molecular formula is C10H9N7. The summed E-state index contributed by atoms with van der Waals surface area (Å²) < 4.78 is 1.38. The molecule has 7 nitrogen and oxygen atoms in total. The molecule has 0 unspecified atom stereocenters. The highest BCUT2D eigenvalue weighted by atomic mass is 15.6. The fourth-order valence-corrected chi connectivity index (χ4v) is 1.44. The van der Waals surface area contributed by atoms with Gasteiger partial charge >= 0.3 is 0 Å². The van der Waals surface area contributed by atoms with Crippen LogP contribution in [0.3, 0.4) is 0 Å². The van der Waals surface area contributed by atoms with Crippen molar-refractivity contribution in [1.29, 1.82) is 0 Å². The van der Waals surface area contributed by atoms with E-state index < -0.39 is 0 Å². The van der Waals surface area contributed by atoms with Gasteiger partial charge in [-0.2, -0.15) is 0 Å². The lowest BCUT2D eigenvalue weighted by atomic mass is 10.3. The Hall–Kier alpha value is -2.57. The normalized spacial score (nSPS) is 10.6. The molecule has 3 rings (SSSR count). The third kappa shape index (κ3) is 2.03. The number of tetrazole rings is 1. The Balaban J connectivity index is 1.76. The van der Waals surface area contributed by atoms with E-state index in [4.69, 9.17) is 0 Å². The van der Waals surface area contributed by atoms with Gasteiger partial charge in [0.15, 0.2) is 5.65 Å². The molecule has 0 radical (unpaired) electrons. The van der Waals surface area contributed by atoms with Crippen LogP contribution in [0.15, 0.2) is 36.7 Å². The predicted molar refractivity (Wildman–Crippen MR) is 60.1 cm³/mol. The van der Waals surface area contributed by atoms with Gasteiger partial charge in [0.2, 0.25) is 0 Å². The van der Waals surface area contributed by atoms with Crippen LogP contribution >= 0.6 is 0 Å². The minimum absolute atomic E-state index is 0.625. The molecule has 0 aliphatic carbocycles. The van der Waals surface area contributed by atoms with Crippen LogP contribution in [0.5, 0.6) is 0 Å². The maximum Gasteiger partial charge on any atom is 0.200 e. The zero-order chi connectivity index (χ0) is 11.5. The van der Waals surface area contributed by atoms with Gasteiger partial charge in [-0.3, -0.25) is 4.98 Å². The minimum atomic E-state index is 0.625. The third-order valence-electron chi connectivity index (χ3n) is 2.29. The number of rotatable bonds is 3. The first kappa shape index (κ1) is 9.64. The van der Waals surface area contributed by atoms with Crippen LogP contribution in [0.25, 0.3) is 5.65 Å². The number of nitrogens with zero attached hydrogens (tertiary/aromatic N) is 6. The summed E-state index contributed by atoms with van der Waals surface area (Å²) in [5.41, 5.74) is 1.76. The number of fused-ring (bicyclic) bond motifs is 1. The van der Waals surface area contributed by atoms with Gasteiger partial charge in [0.05, 0.1) is 0 Å². The largest absolute Gasteiger partial charge is 0.365 e. The van der Waals surface area contributed by atoms with E-state index in [1.807, 2.05) is 24.3 Å². The lowest BCUT2D eigenvalue weighted by Crippen LogP contribution is -2.04. The van der Waals surface area contributed by atoms with E-state index in [1.54, 1.807) is 12.4 Å². The fraction of sp³-hybridized carbons (Fsp3) is 0.100. The second kappa shape index (κ2) is 4.12. The molecule has 0 spiro atoms. The van der Waals surface area contributed by atoms with Gasteiger partial charge in [0.1, 0.15) is 5.82 Å². The number of hydrogen-bond acceptors (Lipinski definition) is 6. The average molecular weight is 227 g/mol. The van der Waals surface area contributed by atoms with Gasteiger partial charge in [-0.25, -0.2) is 0 Å². The van der Waals surface area contributed by atoms with Gasteiger partial charge in [-0.15, -0.1) is 14.8 Å². The van der Waals surface area contributed by atoms with Gasteiger partial charge in [-0.05, 0) is 40.3 Å². The number of anilines is 1. The Bertz CT molecular complexity index is 619. The van der Waals surface area contributed by atoms with Gasteiger partial charge in [0.25, 0.3) is 0 Å². The molecular weight excluding hydrogens is 218 g/mol. The summed E-state index contributed by atoms with van der Waals surface area (Å²) >= 11 is 0. The summed E-state index contributed by atoms with van der Waals surface area (Å²) in [7, 11) is 0. The van der Waals surface area contributed by atoms with E-state index in [2.05, 4.69) is 30.9 Å². The van der Waals surface area contributed by atoms with Crippen molar-refractivity contribution in [1.82, 2.24) is 30.2 Å². The molecule has 0 aliphatic rings. The summed E-state index contributed by atoms with van der Waals surface area (Å²) in [6.07, 6.45) is 3.52. The lowest BCUT2D eigenvalue weighted by molar-refractivity contribution is 0.734. The molecule has 0 aliphatic heterocycles. The van der Waals surface area contributed by atoms with Crippen LogP contribution in [0, 0.1) is 0 Å². The van der Waals surface area contributed by atoms with Crippen molar-refractivity contribution in [3.63, 3.8) is 0 Å². The molecule has 0 fully saturated rings. The molecule has 0 amide bonds. The van der Waals surface area contributed by atoms with Crippen molar-refractivity contribution < 1.29 is 0 Å². The zero-order valence-electron chi connectivity index (χ0n) is 8.85. The van der Waals surface area contributed by atoms with E-state index >= 15 is 0 Å². The summed E-state index contributed by atoms with van der Waals surface area (Å²) in [6, 6.07) is 7.54. The Morgan fingerprint density at radius 3 is 2.88 bits per heavy atom. The van der Waals surface area contributed by atoms with E-state index in [1.165, 1.54) is 4.63 Å². The Morgan fingerprint density at radius 2 is 2.00 bits per heavy atom. The summed E-state index contributed by atoms with van der Waals surface area (Å²) in [4.78, 5) is 3.96. The van der Waals surface area contributed by atoms with Crippen molar-refractivity contribution >= 4 is 11.5 Å². The standard InChI is InChI=1S/C10H9N7/c1-2-10-13-15-16-17(10)14-9(1)12-7-8-3-5-11-6-4-8/h1-6H,7H2,(H,12,14). The monoisotopic (exact) mass is 227 g/mol. The van der Waals surface area contributed by atoms with Crippen molar-refractivity contribution in [2.45, 2.75) is 6.54 Å². The molecule has 3 aromatic rings. The Kier molecular flexibility index (Phi) is 2.34. The van der Waals surface area contributed by atoms with Gasteiger partial charge < -0.3 is 5.32 Å². The van der Waals surface area contributed by atoms with Crippen LogP contribution in [0.4, 0.5) is 5.82 Å². The maximum absolute atomic E-state index is 4.20. The number of hydrogen-bond donors (Lipinski definition) is 1. The average Bonchev–Trinajstić information content (AvgIpc) is 2.85. The molecule has 7 heteroatoms. The lowest BCUT2D eigenvalue weighted by Gasteiger charge is -2.04. The van der Waals surface area contributed by atoms with Gasteiger partial charge in [0, 0.05) is 18.9 Å². The highest BCUT2D eigenvalue weighted by Gasteiger charge is 2.00. The van der Waals surface area contributed by atoms with E-state index in [0.717, 1.165) is 11.4 Å². The summed E-state index contributed by atoms with van der Waals surface area (Å²) in [6.45, 7) is 0.684. The van der Waals surface area contributed by atoms with Crippen LogP contribution in [-0.4, -0.2) is 30.2 Å². The quantitative estimate of drug-likeness (QED) is 0.702. The number of nitrogens with one attached hydrogen (secondary N) is 1. The minimum Gasteiger partial charge on any atom is -0.365 e. The maximum atomic E-state index is 4.20. The molecule has 0 atom stereocenters. The SMILES string of the molecule is c1cc(CNc2ccc3nnnn3n2)ccn1. The highest BCUT2D eigenvalue weighted by Crippen LogP contribution is 2.05. The molecule has 84 valence electrons. The van der Waals surface area contributed by atoms with Gasteiger partial charge in [-0.1, -0.05) is 0 Å². The van der Waals surface area contributed by atoms with Crippen molar-refractivity contribution in [3.8, 4) is 0 Å². The van der Waals surface area contributed by atoms with Crippen molar-refractivity contribution in [2.75, 3.05) is 5.32 Å². The topological polar surface area (TPSA) is 80.9 Å². The van der Waals surface area contributed by atoms with Crippen molar-refractivity contribution in [2.24, 2.45) is 0 Å². The van der Waals surface area contributed by atoms with E-state index in [-0.39, 0.29) is 0 Å². The molecule has 3 aromatic heterocycles. The molecule has 0 bridgehead atoms. The first-order valence-corrected chi connectivity index (χ1v) is 5.10. The van der Waals surface area contributed by atoms with E-state index in [9.17, 15) is 0 Å². The first-order valence-electron chi connectivity index (χ1n) is 5.10. The molecule has 17 heavy (non-hydrogen) atoms. The second-order valence-electron chi connectivity index (χ2n) is 3.45. The third-order valence-corrected chi connectivity index (χ3v) is 2.29. The molecule has 0 aromatic carbocycles. The predicted octanol–water partition coefficient (Wildman–Crippen LogP) is 0.526. The highest BCUT2D eigenvalue weighted by molar-refractivity contribution is 5.42. The summed E-state index contributed by atoms with van der Waals surface area (Å²) in [5.74, 6) is 0.724. The second-order valence-corrected chi connectivity index (χ2v) is 3.45. The smallest absolute Gasteiger partial charge is 0.200 e. The Labute approximate surface area is 96.5 Å².